The van der Waals surface area contributed by atoms with E-state index in [0.29, 0.717) is 30.6 Å². The largest absolute Gasteiger partial charge is 0.328 e. The first kappa shape index (κ1) is 16.1. The molecule has 3 nitrogen and oxygen atoms in total. The maximum absolute atomic E-state index is 11.4. The van der Waals surface area contributed by atoms with E-state index in [9.17, 15) is 14.4 Å². The fourth-order valence-electron chi connectivity index (χ4n) is 2.28. The van der Waals surface area contributed by atoms with Gasteiger partial charge in [0.15, 0.2) is 0 Å². The Kier molecular flexibility index (Phi) is 6.84. The van der Waals surface area contributed by atoms with E-state index in [-0.39, 0.29) is 0 Å². The quantitative estimate of drug-likeness (QED) is 0.678. The minimum Gasteiger partial charge on any atom is -0.324 e. The molecule has 0 aromatic rings. The van der Waals surface area contributed by atoms with Crippen LogP contribution in [0.25, 0.3) is 0 Å². The van der Waals surface area contributed by atoms with Gasteiger partial charge in [-0.1, -0.05) is 34.6 Å². The summed E-state index contributed by atoms with van der Waals surface area (Å²) >= 11 is 0. The summed E-state index contributed by atoms with van der Waals surface area (Å²) in [6.45, 7) is 10.4. The molecule has 2 atom stereocenters. The van der Waals surface area contributed by atoms with Gasteiger partial charge in [0.1, 0.15) is 0 Å². The van der Waals surface area contributed by atoms with Crippen molar-refractivity contribution < 1.29 is 14.4 Å². The van der Waals surface area contributed by atoms with Crippen molar-refractivity contribution in [2.45, 2.75) is 59.5 Å². The van der Waals surface area contributed by atoms with Gasteiger partial charge in [-0.25, -0.2) is 0 Å². The summed E-state index contributed by atoms with van der Waals surface area (Å²) in [7, 11) is -3.93. The molecule has 0 aliphatic heterocycles. The van der Waals surface area contributed by atoms with E-state index in [2.05, 4.69) is 20.8 Å². The van der Waals surface area contributed by atoms with Gasteiger partial charge in [0.05, 0.1) is 5.66 Å². The van der Waals surface area contributed by atoms with Crippen LogP contribution < -0.4 is 0 Å². The van der Waals surface area contributed by atoms with Gasteiger partial charge in [-0.05, 0) is 37.0 Å². The molecule has 0 amide bonds. The SMILES string of the molecule is CC(C)CC(C)CC(CC(C)C)P(=O)(O)O. The summed E-state index contributed by atoms with van der Waals surface area (Å²) in [6.07, 6.45) is 2.29. The van der Waals surface area contributed by atoms with Crippen LogP contribution >= 0.6 is 7.60 Å². The fraction of sp³-hybridized carbons (Fsp3) is 1.00. The van der Waals surface area contributed by atoms with Gasteiger partial charge >= 0.3 is 7.60 Å². The first-order chi connectivity index (χ1) is 7.12. The summed E-state index contributed by atoms with van der Waals surface area (Å²) in [5.41, 5.74) is -0.457. The van der Waals surface area contributed by atoms with E-state index in [1.807, 2.05) is 13.8 Å². The molecule has 0 saturated heterocycles. The third kappa shape index (κ3) is 7.43. The molecule has 0 spiro atoms. The second-order valence-electron chi connectivity index (χ2n) is 5.84. The molecule has 0 saturated carbocycles. The molecular formula is C12H27O3P. The topological polar surface area (TPSA) is 57.5 Å². The normalized spacial score (nSPS) is 16.8. The monoisotopic (exact) mass is 250 g/mol. The van der Waals surface area contributed by atoms with Crippen molar-refractivity contribution in [1.29, 1.82) is 0 Å². The molecule has 4 heteroatoms. The highest BCUT2D eigenvalue weighted by Crippen LogP contribution is 2.47. The molecule has 2 unspecified atom stereocenters. The van der Waals surface area contributed by atoms with Gasteiger partial charge in [0.2, 0.25) is 0 Å². The molecule has 0 bridgehead atoms. The Bertz CT molecular complexity index is 232. The van der Waals surface area contributed by atoms with E-state index >= 15 is 0 Å². The summed E-state index contributed by atoms with van der Waals surface area (Å²) in [5, 5.41) is 0. The molecule has 2 N–H and O–H groups in total. The van der Waals surface area contributed by atoms with Gasteiger partial charge in [0.25, 0.3) is 0 Å². The average molecular weight is 250 g/mol. The molecule has 0 fully saturated rings. The Balaban J connectivity index is 4.38. The smallest absolute Gasteiger partial charge is 0.324 e. The van der Waals surface area contributed by atoms with Crippen molar-refractivity contribution in [2.75, 3.05) is 0 Å². The minimum atomic E-state index is -3.93. The van der Waals surface area contributed by atoms with Crippen LogP contribution in [0.15, 0.2) is 0 Å². The molecule has 0 aliphatic carbocycles. The fourth-order valence-corrected chi connectivity index (χ4v) is 3.61. The zero-order valence-corrected chi connectivity index (χ0v) is 12.1. The van der Waals surface area contributed by atoms with Crippen LogP contribution in [0.4, 0.5) is 0 Å². The molecule has 0 aliphatic rings. The Labute approximate surface area is 99.8 Å². The number of rotatable bonds is 7. The Morgan fingerprint density at radius 2 is 1.31 bits per heavy atom. The second kappa shape index (κ2) is 6.78. The summed E-state index contributed by atoms with van der Waals surface area (Å²) in [5.74, 6) is 1.31. The van der Waals surface area contributed by atoms with Crippen molar-refractivity contribution in [2.24, 2.45) is 17.8 Å². The zero-order chi connectivity index (χ0) is 12.9. The standard InChI is InChI=1S/C12H27O3P/c1-9(2)6-11(5)8-12(7-10(3)4)16(13,14)15/h9-12H,6-8H2,1-5H3,(H2,13,14,15). The van der Waals surface area contributed by atoms with Crippen LogP contribution in [0.1, 0.15) is 53.9 Å². The highest BCUT2D eigenvalue weighted by Gasteiger charge is 2.30. The van der Waals surface area contributed by atoms with Gasteiger partial charge in [-0.3, -0.25) is 4.57 Å². The average Bonchev–Trinajstić information content (AvgIpc) is 1.98. The first-order valence-corrected chi connectivity index (χ1v) is 7.86. The predicted octanol–water partition coefficient (Wildman–Crippen LogP) is 3.65. The van der Waals surface area contributed by atoms with E-state index in [4.69, 9.17) is 0 Å². The lowest BCUT2D eigenvalue weighted by Gasteiger charge is -2.24. The van der Waals surface area contributed by atoms with Crippen molar-refractivity contribution in [3.63, 3.8) is 0 Å². The maximum Gasteiger partial charge on any atom is 0.328 e. The van der Waals surface area contributed by atoms with E-state index in [1.54, 1.807) is 0 Å². The molecule has 16 heavy (non-hydrogen) atoms. The van der Waals surface area contributed by atoms with Crippen molar-refractivity contribution in [3.8, 4) is 0 Å². The van der Waals surface area contributed by atoms with Gasteiger partial charge in [-0.15, -0.1) is 0 Å². The Morgan fingerprint density at radius 1 is 0.875 bits per heavy atom. The van der Waals surface area contributed by atoms with Crippen molar-refractivity contribution in [3.05, 3.63) is 0 Å². The second-order valence-corrected chi connectivity index (χ2v) is 7.75. The van der Waals surface area contributed by atoms with Crippen LogP contribution in [0.3, 0.4) is 0 Å². The number of hydrogen-bond donors (Lipinski definition) is 2. The Hall–Kier alpha value is 0.150. The molecule has 0 radical (unpaired) electrons. The van der Waals surface area contributed by atoms with Crippen LogP contribution in [0.2, 0.25) is 0 Å². The van der Waals surface area contributed by atoms with Crippen molar-refractivity contribution >= 4 is 7.60 Å². The van der Waals surface area contributed by atoms with Crippen LogP contribution in [-0.4, -0.2) is 15.4 Å². The lowest BCUT2D eigenvalue weighted by molar-refractivity contribution is 0.318. The van der Waals surface area contributed by atoms with Crippen molar-refractivity contribution in [1.82, 2.24) is 0 Å². The molecule has 0 heterocycles. The predicted molar refractivity (Wildman–Crippen MR) is 68.5 cm³/mol. The third-order valence-corrected chi connectivity index (χ3v) is 4.14. The van der Waals surface area contributed by atoms with E-state index in [0.717, 1.165) is 6.42 Å². The highest BCUT2D eigenvalue weighted by atomic mass is 31.2. The van der Waals surface area contributed by atoms with E-state index in [1.165, 1.54) is 0 Å². The third-order valence-electron chi connectivity index (χ3n) is 2.77. The summed E-state index contributed by atoms with van der Waals surface area (Å²) in [6, 6.07) is 0. The summed E-state index contributed by atoms with van der Waals surface area (Å²) < 4.78 is 11.4. The molecular weight excluding hydrogens is 223 g/mol. The molecule has 0 aromatic heterocycles. The van der Waals surface area contributed by atoms with Gasteiger partial charge in [0, 0.05) is 0 Å². The molecule has 0 aromatic carbocycles. The molecule has 98 valence electrons. The van der Waals surface area contributed by atoms with Gasteiger partial charge in [-0.2, -0.15) is 0 Å². The van der Waals surface area contributed by atoms with Crippen LogP contribution in [-0.2, 0) is 4.57 Å². The van der Waals surface area contributed by atoms with Crippen LogP contribution in [0.5, 0.6) is 0 Å². The Morgan fingerprint density at radius 3 is 1.62 bits per heavy atom. The van der Waals surface area contributed by atoms with Crippen LogP contribution in [0, 0.1) is 17.8 Å². The number of hydrogen-bond acceptors (Lipinski definition) is 1. The van der Waals surface area contributed by atoms with Gasteiger partial charge < -0.3 is 9.79 Å². The zero-order valence-electron chi connectivity index (χ0n) is 11.2. The van der Waals surface area contributed by atoms with E-state index < -0.39 is 13.3 Å². The maximum atomic E-state index is 11.4. The highest BCUT2D eigenvalue weighted by molar-refractivity contribution is 7.52. The lowest BCUT2D eigenvalue weighted by atomic mass is 9.92. The first-order valence-electron chi connectivity index (χ1n) is 6.18. The molecule has 0 rings (SSSR count). The summed E-state index contributed by atoms with van der Waals surface area (Å²) in [4.78, 5) is 18.6. The minimum absolute atomic E-state index is 0.337. The lowest BCUT2D eigenvalue weighted by Crippen LogP contribution is -2.16.